The van der Waals surface area contributed by atoms with E-state index in [2.05, 4.69) is 10.5 Å². The minimum absolute atomic E-state index is 0.117. The Labute approximate surface area is 101 Å². The van der Waals surface area contributed by atoms with Crippen molar-refractivity contribution in [1.82, 2.24) is 5.43 Å². The molecule has 6 heteroatoms. The van der Waals surface area contributed by atoms with Crippen molar-refractivity contribution in [3.63, 3.8) is 0 Å². The molecule has 0 spiro atoms. The highest BCUT2D eigenvalue weighted by Gasteiger charge is 2.17. The Morgan fingerprint density at radius 1 is 1.41 bits per heavy atom. The third kappa shape index (κ3) is 8.24. The number of carbonyl (C=O) groups is 2. The highest BCUT2D eigenvalue weighted by atomic mass is 16.4. The molecule has 4 N–H and O–H groups in total. The number of carbonyl (C=O) groups excluding carboxylic acids is 1. The lowest BCUT2D eigenvalue weighted by atomic mass is 9.88. The first-order valence-electron chi connectivity index (χ1n) is 5.63. The first-order valence-corrected chi connectivity index (χ1v) is 5.63. The van der Waals surface area contributed by atoms with Crippen LogP contribution in [-0.2, 0) is 4.79 Å². The van der Waals surface area contributed by atoms with Gasteiger partial charge in [-0.1, -0.05) is 13.8 Å². The number of carboxylic acids is 1. The van der Waals surface area contributed by atoms with Gasteiger partial charge in [-0.25, -0.2) is 10.2 Å². The summed E-state index contributed by atoms with van der Waals surface area (Å²) in [7, 11) is 0. The Hall–Kier alpha value is -1.59. The predicted octanol–water partition coefficient (Wildman–Crippen LogP) is 1.56. The third-order valence-electron chi connectivity index (χ3n) is 2.61. The number of carboxylic acid groups (broad SMARTS) is 1. The minimum atomic E-state index is -0.784. The van der Waals surface area contributed by atoms with Crippen LogP contribution in [0.3, 0.4) is 0 Å². The lowest BCUT2D eigenvalue weighted by molar-refractivity contribution is -0.138. The highest BCUT2D eigenvalue weighted by molar-refractivity contribution is 5.83. The standard InChI is InChI=1S/C11H21N3O3/c1-7(2)9(6-10(15)16)5-4-8(3)13-14-11(12)17/h7,9H,4-6H2,1-3H3,(H,15,16)(H3,12,14,17)/b13-8+/t9-/m0/s1. The van der Waals surface area contributed by atoms with Gasteiger partial charge in [0.25, 0.3) is 0 Å². The summed E-state index contributed by atoms with van der Waals surface area (Å²) in [6.45, 7) is 5.78. The third-order valence-corrected chi connectivity index (χ3v) is 2.61. The van der Waals surface area contributed by atoms with Gasteiger partial charge < -0.3 is 10.8 Å². The zero-order chi connectivity index (χ0) is 13.4. The Kier molecular flexibility index (Phi) is 6.93. The second kappa shape index (κ2) is 7.65. The van der Waals surface area contributed by atoms with Crippen LogP contribution >= 0.6 is 0 Å². The van der Waals surface area contributed by atoms with Gasteiger partial charge in [0.2, 0.25) is 0 Å². The van der Waals surface area contributed by atoms with Gasteiger partial charge in [0, 0.05) is 12.1 Å². The maximum atomic E-state index is 10.7. The van der Waals surface area contributed by atoms with Crippen LogP contribution in [-0.4, -0.2) is 22.8 Å². The van der Waals surface area contributed by atoms with Gasteiger partial charge in [-0.2, -0.15) is 5.10 Å². The van der Waals surface area contributed by atoms with Crippen molar-refractivity contribution >= 4 is 17.7 Å². The van der Waals surface area contributed by atoms with E-state index in [9.17, 15) is 9.59 Å². The van der Waals surface area contributed by atoms with Crippen LogP contribution < -0.4 is 11.2 Å². The van der Waals surface area contributed by atoms with E-state index in [1.807, 2.05) is 13.8 Å². The summed E-state index contributed by atoms with van der Waals surface area (Å²) in [5.74, 6) is -0.359. The fourth-order valence-corrected chi connectivity index (χ4v) is 1.50. The molecule has 0 heterocycles. The minimum Gasteiger partial charge on any atom is -0.481 e. The molecule has 0 aliphatic carbocycles. The zero-order valence-corrected chi connectivity index (χ0v) is 10.6. The Morgan fingerprint density at radius 2 is 2.00 bits per heavy atom. The molecule has 0 fully saturated rings. The molecule has 0 rings (SSSR count). The number of nitrogens with one attached hydrogen (secondary N) is 1. The zero-order valence-electron chi connectivity index (χ0n) is 10.6. The summed E-state index contributed by atoms with van der Waals surface area (Å²) >= 11 is 0. The van der Waals surface area contributed by atoms with Crippen molar-refractivity contribution in [3.05, 3.63) is 0 Å². The quantitative estimate of drug-likeness (QED) is 0.466. The van der Waals surface area contributed by atoms with Crippen molar-refractivity contribution < 1.29 is 14.7 Å². The number of urea groups is 1. The van der Waals surface area contributed by atoms with E-state index < -0.39 is 12.0 Å². The van der Waals surface area contributed by atoms with Crippen LogP contribution in [0.2, 0.25) is 0 Å². The lowest BCUT2D eigenvalue weighted by Crippen LogP contribution is -2.25. The molecule has 17 heavy (non-hydrogen) atoms. The smallest absolute Gasteiger partial charge is 0.332 e. The van der Waals surface area contributed by atoms with Crippen LogP contribution in [0.1, 0.15) is 40.0 Å². The van der Waals surface area contributed by atoms with Crippen molar-refractivity contribution in [1.29, 1.82) is 0 Å². The molecule has 2 amide bonds. The van der Waals surface area contributed by atoms with Gasteiger partial charge in [0.1, 0.15) is 0 Å². The first kappa shape index (κ1) is 15.4. The average molecular weight is 243 g/mol. The fraction of sp³-hybridized carbons (Fsp3) is 0.727. The number of rotatable bonds is 7. The number of nitrogens with two attached hydrogens (primary N) is 1. The summed E-state index contributed by atoms with van der Waals surface area (Å²) in [5.41, 5.74) is 7.76. The summed E-state index contributed by atoms with van der Waals surface area (Å²) in [5, 5.41) is 12.5. The molecule has 0 saturated carbocycles. The number of hydrazone groups is 1. The Balaban J connectivity index is 4.16. The number of aliphatic carboxylic acids is 1. The van der Waals surface area contributed by atoms with Crippen LogP contribution in [0.25, 0.3) is 0 Å². The van der Waals surface area contributed by atoms with Crippen LogP contribution in [0.5, 0.6) is 0 Å². The maximum absolute atomic E-state index is 10.7. The molecule has 0 saturated heterocycles. The molecule has 6 nitrogen and oxygen atoms in total. The van der Waals surface area contributed by atoms with Crippen molar-refractivity contribution in [3.8, 4) is 0 Å². The number of amides is 2. The Bertz CT molecular complexity index is 300. The van der Waals surface area contributed by atoms with E-state index in [4.69, 9.17) is 10.8 Å². The lowest BCUT2D eigenvalue weighted by Gasteiger charge is -2.18. The molecule has 1 atom stereocenters. The molecule has 0 bridgehead atoms. The van der Waals surface area contributed by atoms with Crippen LogP contribution in [0, 0.1) is 11.8 Å². The second-order valence-corrected chi connectivity index (χ2v) is 4.46. The van der Waals surface area contributed by atoms with E-state index in [0.29, 0.717) is 12.3 Å². The highest BCUT2D eigenvalue weighted by Crippen LogP contribution is 2.21. The van der Waals surface area contributed by atoms with Gasteiger partial charge >= 0.3 is 12.0 Å². The van der Waals surface area contributed by atoms with Crippen molar-refractivity contribution in [2.45, 2.75) is 40.0 Å². The Morgan fingerprint density at radius 3 is 2.41 bits per heavy atom. The molecule has 0 radical (unpaired) electrons. The van der Waals surface area contributed by atoms with E-state index >= 15 is 0 Å². The van der Waals surface area contributed by atoms with E-state index in [1.165, 1.54) is 0 Å². The van der Waals surface area contributed by atoms with E-state index in [0.717, 1.165) is 12.1 Å². The largest absolute Gasteiger partial charge is 0.481 e. The number of hydrogen-bond donors (Lipinski definition) is 3. The first-order chi connectivity index (χ1) is 7.82. The number of primary amides is 1. The SMILES string of the molecule is C/C(CC[C@@H](CC(=O)O)C(C)C)=N\NC(N)=O. The molecular weight excluding hydrogens is 222 g/mol. The molecule has 98 valence electrons. The summed E-state index contributed by atoms with van der Waals surface area (Å²) in [4.78, 5) is 21.1. The average Bonchev–Trinajstić information content (AvgIpc) is 2.20. The summed E-state index contributed by atoms with van der Waals surface area (Å²) in [6, 6.07) is -0.699. The van der Waals surface area contributed by atoms with Gasteiger partial charge in [0.15, 0.2) is 0 Å². The van der Waals surface area contributed by atoms with Crippen molar-refractivity contribution in [2.75, 3.05) is 0 Å². The van der Waals surface area contributed by atoms with Crippen molar-refractivity contribution in [2.24, 2.45) is 22.7 Å². The monoisotopic (exact) mass is 243 g/mol. The molecule has 0 aliphatic rings. The fourth-order valence-electron chi connectivity index (χ4n) is 1.50. The van der Waals surface area contributed by atoms with Gasteiger partial charge in [0.05, 0.1) is 0 Å². The maximum Gasteiger partial charge on any atom is 0.332 e. The summed E-state index contributed by atoms with van der Waals surface area (Å²) in [6.07, 6.45) is 1.55. The molecular formula is C11H21N3O3. The van der Waals surface area contributed by atoms with Gasteiger partial charge in [-0.3, -0.25) is 4.79 Å². The second-order valence-electron chi connectivity index (χ2n) is 4.46. The van der Waals surface area contributed by atoms with Crippen LogP contribution in [0.15, 0.2) is 5.10 Å². The predicted molar refractivity (Wildman–Crippen MR) is 65.6 cm³/mol. The molecule has 0 aromatic rings. The van der Waals surface area contributed by atoms with E-state index in [1.54, 1.807) is 6.92 Å². The van der Waals surface area contributed by atoms with Gasteiger partial charge in [-0.15, -0.1) is 0 Å². The van der Waals surface area contributed by atoms with Gasteiger partial charge in [-0.05, 0) is 31.6 Å². The number of hydrogen-bond acceptors (Lipinski definition) is 3. The molecule has 0 aromatic carbocycles. The topological polar surface area (TPSA) is 105 Å². The molecule has 0 unspecified atom stereocenters. The normalized spacial score (nSPS) is 13.5. The van der Waals surface area contributed by atoms with Crippen LogP contribution in [0.4, 0.5) is 4.79 Å². The molecule has 0 aliphatic heterocycles. The number of nitrogens with zero attached hydrogens (tertiary/aromatic N) is 1. The summed E-state index contributed by atoms with van der Waals surface area (Å²) < 4.78 is 0. The molecule has 0 aromatic heterocycles. The van der Waals surface area contributed by atoms with E-state index in [-0.39, 0.29) is 12.3 Å².